The van der Waals surface area contributed by atoms with E-state index in [9.17, 15) is 20.1 Å². The van der Waals surface area contributed by atoms with E-state index in [1.165, 1.54) is 7.11 Å². The second-order valence-corrected chi connectivity index (χ2v) is 9.28. The summed E-state index contributed by atoms with van der Waals surface area (Å²) in [6.45, 7) is 3.24. The molecule has 1 unspecified atom stereocenters. The number of ether oxygens (including phenoxy) is 3. The van der Waals surface area contributed by atoms with Crippen molar-refractivity contribution >= 4 is 12.0 Å². The minimum Gasteiger partial charge on any atom is -0.507 e. The molecule has 2 aromatic carbocycles. The van der Waals surface area contributed by atoms with Crippen molar-refractivity contribution < 1.29 is 34.3 Å². The minimum absolute atomic E-state index is 0.00309. The summed E-state index contributed by atoms with van der Waals surface area (Å²) in [5.74, 6) is 1.17. The highest BCUT2D eigenvalue weighted by Gasteiger charge is 2.52. The Kier molecular flexibility index (Phi) is 4.37. The molecule has 4 aliphatic heterocycles. The van der Waals surface area contributed by atoms with Crippen molar-refractivity contribution in [1.29, 1.82) is 0 Å². The van der Waals surface area contributed by atoms with Gasteiger partial charge in [0.2, 0.25) is 12.7 Å². The van der Waals surface area contributed by atoms with Crippen molar-refractivity contribution in [3.8, 4) is 28.7 Å². The fourth-order valence-corrected chi connectivity index (χ4v) is 6.10. The normalized spacial score (nSPS) is 24.4. The summed E-state index contributed by atoms with van der Waals surface area (Å²) in [7, 11) is 3.37. The first-order chi connectivity index (χ1) is 16.3. The topological polar surface area (TPSA) is 112 Å². The van der Waals surface area contributed by atoms with Crippen LogP contribution in [0.4, 0.5) is 0 Å². The van der Waals surface area contributed by atoms with Gasteiger partial charge in [-0.15, -0.1) is 0 Å². The van der Waals surface area contributed by atoms with Gasteiger partial charge in [0.05, 0.1) is 31.8 Å². The summed E-state index contributed by atoms with van der Waals surface area (Å²) in [6, 6.07) is 0.249. The van der Waals surface area contributed by atoms with E-state index in [-0.39, 0.29) is 30.8 Å². The second kappa shape index (κ2) is 7.04. The lowest BCUT2D eigenvalue weighted by molar-refractivity contribution is -0.144. The van der Waals surface area contributed by atoms with Gasteiger partial charge in [0.1, 0.15) is 5.75 Å². The molecule has 4 heterocycles. The molecule has 2 aromatic rings. The number of phenolic OH excluding ortho intramolecular Hbond substituents is 2. The molecule has 1 amide bonds. The maximum absolute atomic E-state index is 13.8. The number of carbonyl (C=O) groups excluding carboxylic acids is 1. The molecule has 1 fully saturated rings. The number of hydrogen-bond acceptors (Lipinski definition) is 8. The van der Waals surface area contributed by atoms with E-state index in [2.05, 4.69) is 0 Å². The van der Waals surface area contributed by atoms with Gasteiger partial charge in [-0.2, -0.15) is 0 Å². The van der Waals surface area contributed by atoms with E-state index in [4.69, 9.17) is 14.2 Å². The largest absolute Gasteiger partial charge is 0.507 e. The van der Waals surface area contributed by atoms with Crippen LogP contribution in [0.1, 0.15) is 45.5 Å². The van der Waals surface area contributed by atoms with Gasteiger partial charge in [-0.25, -0.2) is 0 Å². The SMILES string of the molecule is COc1c(C)cc2c(c1O)C1C3=Cc4c(O)c(C)c5c(c4[C@H](CO)N3C(=O)[C@H](C2)N1C)OCO5. The highest BCUT2D eigenvalue weighted by molar-refractivity contribution is 5.91. The van der Waals surface area contributed by atoms with Gasteiger partial charge in [0.15, 0.2) is 23.0 Å². The van der Waals surface area contributed by atoms with Crippen LogP contribution in [0.2, 0.25) is 0 Å². The molecule has 1 saturated heterocycles. The molecule has 2 bridgehead atoms. The number of piperazine rings is 1. The van der Waals surface area contributed by atoms with Gasteiger partial charge in [-0.3, -0.25) is 9.69 Å². The number of methoxy groups -OCH3 is 1. The number of hydrogen-bond donors (Lipinski definition) is 3. The zero-order chi connectivity index (χ0) is 24.0. The van der Waals surface area contributed by atoms with Gasteiger partial charge >= 0.3 is 0 Å². The summed E-state index contributed by atoms with van der Waals surface area (Å²) in [5, 5.41) is 32.8. The van der Waals surface area contributed by atoms with Crippen molar-refractivity contribution in [1.82, 2.24) is 9.80 Å². The number of likely N-dealkylation sites (N-methyl/N-ethyl adjacent to an activating group) is 1. The molecule has 0 aliphatic carbocycles. The van der Waals surface area contributed by atoms with Gasteiger partial charge in [0.25, 0.3) is 0 Å². The lowest BCUT2D eigenvalue weighted by Gasteiger charge is -2.53. The number of amides is 1. The van der Waals surface area contributed by atoms with Crippen LogP contribution < -0.4 is 14.2 Å². The van der Waals surface area contributed by atoms with Crippen LogP contribution in [0, 0.1) is 13.8 Å². The molecule has 3 N–H and O–H groups in total. The van der Waals surface area contributed by atoms with Gasteiger partial charge in [-0.1, -0.05) is 6.07 Å². The highest BCUT2D eigenvalue weighted by atomic mass is 16.7. The Morgan fingerprint density at radius 3 is 2.59 bits per heavy atom. The number of aliphatic hydroxyl groups is 1. The van der Waals surface area contributed by atoms with E-state index >= 15 is 0 Å². The molecule has 0 radical (unpaired) electrons. The van der Waals surface area contributed by atoms with Crippen molar-refractivity contribution in [3.63, 3.8) is 0 Å². The first-order valence-electron chi connectivity index (χ1n) is 11.2. The lowest BCUT2D eigenvalue weighted by atomic mass is 9.78. The maximum Gasteiger partial charge on any atom is 0.245 e. The molecular weight excluding hydrogens is 440 g/mol. The summed E-state index contributed by atoms with van der Waals surface area (Å²) in [5.41, 5.74) is 4.47. The molecule has 4 aliphatic rings. The van der Waals surface area contributed by atoms with Crippen molar-refractivity contribution in [2.45, 2.75) is 38.4 Å². The highest BCUT2D eigenvalue weighted by Crippen LogP contribution is 2.57. The molecule has 178 valence electrons. The van der Waals surface area contributed by atoms with E-state index in [0.717, 1.165) is 11.1 Å². The quantitative estimate of drug-likeness (QED) is 0.618. The molecule has 34 heavy (non-hydrogen) atoms. The molecule has 9 heteroatoms. The molecule has 0 spiro atoms. The van der Waals surface area contributed by atoms with Gasteiger partial charge in [-0.05, 0) is 44.5 Å². The fourth-order valence-electron chi connectivity index (χ4n) is 6.10. The Morgan fingerprint density at radius 2 is 1.88 bits per heavy atom. The predicted octanol–water partition coefficient (Wildman–Crippen LogP) is 2.28. The molecule has 0 saturated carbocycles. The maximum atomic E-state index is 13.8. The van der Waals surface area contributed by atoms with Crippen LogP contribution in [0.5, 0.6) is 28.7 Å². The second-order valence-electron chi connectivity index (χ2n) is 9.28. The molecule has 3 atom stereocenters. The summed E-state index contributed by atoms with van der Waals surface area (Å²) in [6.07, 6.45) is 2.19. The monoisotopic (exact) mass is 466 g/mol. The number of rotatable bonds is 2. The average molecular weight is 466 g/mol. The van der Waals surface area contributed by atoms with Crippen LogP contribution in [-0.2, 0) is 11.2 Å². The number of benzene rings is 2. The fraction of sp³-hybridized carbons (Fsp3) is 0.400. The van der Waals surface area contributed by atoms with Crippen molar-refractivity contribution in [3.05, 3.63) is 45.1 Å². The Labute approximate surface area is 196 Å². The van der Waals surface area contributed by atoms with E-state index in [1.807, 2.05) is 24.9 Å². The van der Waals surface area contributed by atoms with Crippen LogP contribution in [0.3, 0.4) is 0 Å². The third kappa shape index (κ3) is 2.43. The molecule has 0 aromatic heterocycles. The Balaban J connectivity index is 1.66. The predicted molar refractivity (Wildman–Crippen MR) is 121 cm³/mol. The number of aryl methyl sites for hydroxylation is 1. The first kappa shape index (κ1) is 21.1. The lowest BCUT2D eigenvalue weighted by Crippen LogP contribution is -2.60. The van der Waals surface area contributed by atoms with Crippen molar-refractivity contribution in [2.24, 2.45) is 0 Å². The zero-order valence-corrected chi connectivity index (χ0v) is 19.4. The summed E-state index contributed by atoms with van der Waals surface area (Å²) in [4.78, 5) is 17.4. The van der Waals surface area contributed by atoms with Gasteiger partial charge in [0, 0.05) is 28.0 Å². The van der Waals surface area contributed by atoms with Gasteiger partial charge < -0.3 is 34.4 Å². The Hall–Kier alpha value is -3.43. The third-order valence-electron chi connectivity index (χ3n) is 7.64. The minimum atomic E-state index is -0.765. The number of carbonyl (C=O) groups is 1. The molecule has 6 rings (SSSR count). The van der Waals surface area contributed by atoms with Crippen molar-refractivity contribution in [2.75, 3.05) is 27.6 Å². The number of aromatic hydroxyl groups is 2. The Morgan fingerprint density at radius 1 is 1.15 bits per heavy atom. The summed E-state index contributed by atoms with van der Waals surface area (Å²) >= 11 is 0. The smallest absolute Gasteiger partial charge is 0.245 e. The number of aliphatic hydroxyl groups excluding tert-OH is 1. The van der Waals surface area contributed by atoms with Crippen LogP contribution in [-0.4, -0.2) is 64.6 Å². The molecule has 9 nitrogen and oxygen atoms in total. The Bertz CT molecular complexity index is 1300. The standard InChI is InChI=1S/C25H26N2O7/c1-10-5-12-6-15-25(31)27-14(19(26(15)3)17(12)21(30)22(10)32-4)7-13-18(16(27)8-28)24-23(33-9-34-24)11(2)20(13)29/h5,7,15-16,19,28-30H,6,8-9H2,1-4H3/t15-,16-,19?/m0/s1. The number of phenols is 2. The zero-order valence-electron chi connectivity index (χ0n) is 19.4. The van der Waals surface area contributed by atoms with E-state index < -0.39 is 18.1 Å². The van der Waals surface area contributed by atoms with Crippen LogP contribution >= 0.6 is 0 Å². The van der Waals surface area contributed by atoms with Crippen LogP contribution in [0.25, 0.3) is 6.08 Å². The number of fused-ring (bicyclic) bond motifs is 9. The van der Waals surface area contributed by atoms with Crippen LogP contribution in [0.15, 0.2) is 11.8 Å². The number of nitrogens with zero attached hydrogens (tertiary/aromatic N) is 2. The first-order valence-corrected chi connectivity index (χ1v) is 11.2. The third-order valence-corrected chi connectivity index (χ3v) is 7.64. The van der Waals surface area contributed by atoms with E-state index in [0.29, 0.717) is 51.6 Å². The van der Waals surface area contributed by atoms with E-state index in [1.54, 1.807) is 17.9 Å². The molecular formula is C25H26N2O7. The average Bonchev–Trinajstić information content (AvgIpc) is 3.30. The summed E-state index contributed by atoms with van der Waals surface area (Å²) < 4.78 is 16.8.